The first-order chi connectivity index (χ1) is 13.6. The van der Waals surface area contributed by atoms with Crippen molar-refractivity contribution in [2.24, 2.45) is 0 Å². The molecule has 1 N–H and O–H groups in total. The summed E-state index contributed by atoms with van der Waals surface area (Å²) < 4.78 is 6.73. The molecule has 3 aromatic heterocycles. The van der Waals surface area contributed by atoms with Gasteiger partial charge >= 0.3 is 0 Å². The van der Waals surface area contributed by atoms with E-state index in [2.05, 4.69) is 15.3 Å². The molecule has 0 bridgehead atoms. The number of nitrogens with zero attached hydrogens (tertiary/aromatic N) is 3. The summed E-state index contributed by atoms with van der Waals surface area (Å²) in [7, 11) is 1.60. The predicted octanol–water partition coefficient (Wildman–Crippen LogP) is 3.39. The molecule has 0 saturated carbocycles. The Balaban J connectivity index is 1.63. The number of hydrogen-bond acceptors (Lipinski definition) is 6. The zero-order chi connectivity index (χ0) is 19.7. The molecular weight excluding hydrogens is 376 g/mol. The van der Waals surface area contributed by atoms with Gasteiger partial charge in [-0.05, 0) is 31.2 Å². The van der Waals surface area contributed by atoms with Crippen LogP contribution in [0, 0.1) is 6.92 Å². The van der Waals surface area contributed by atoms with Gasteiger partial charge in [0, 0.05) is 23.3 Å². The highest BCUT2D eigenvalue weighted by molar-refractivity contribution is 7.14. The topological polar surface area (TPSA) is 85.6 Å². The Labute approximate surface area is 164 Å². The van der Waals surface area contributed by atoms with Crippen LogP contribution in [0.25, 0.3) is 16.9 Å². The minimum atomic E-state index is -0.548. The van der Waals surface area contributed by atoms with Gasteiger partial charge in [-0.1, -0.05) is 17.7 Å². The third kappa shape index (κ3) is 3.25. The maximum absolute atomic E-state index is 12.6. The van der Waals surface area contributed by atoms with Gasteiger partial charge in [0.15, 0.2) is 5.13 Å². The smallest absolute Gasteiger partial charge is 0.270 e. The summed E-state index contributed by atoms with van der Waals surface area (Å²) in [6.45, 7) is 1.98. The van der Waals surface area contributed by atoms with Gasteiger partial charge in [-0.2, -0.15) is 0 Å². The van der Waals surface area contributed by atoms with E-state index in [1.165, 1.54) is 21.9 Å². The molecule has 28 heavy (non-hydrogen) atoms. The molecule has 8 heteroatoms. The Bertz CT molecular complexity index is 1250. The number of nitrogens with one attached hydrogen (secondary N) is 1. The SMILES string of the molecule is COc1ccc(C)cc1-c1csc(NC(=O)c2cnc3ccccn3c2=O)n1. The van der Waals surface area contributed by atoms with Crippen LogP contribution in [0.15, 0.2) is 59.0 Å². The molecule has 1 aromatic carbocycles. The molecule has 0 fully saturated rings. The van der Waals surface area contributed by atoms with E-state index in [4.69, 9.17) is 4.74 Å². The van der Waals surface area contributed by atoms with Gasteiger partial charge in [0.1, 0.15) is 17.0 Å². The number of methoxy groups -OCH3 is 1. The van der Waals surface area contributed by atoms with Gasteiger partial charge in [0.05, 0.1) is 12.8 Å². The number of carbonyl (C=O) groups excluding carboxylic acids is 1. The van der Waals surface area contributed by atoms with Gasteiger partial charge in [-0.15, -0.1) is 11.3 Å². The number of ether oxygens (including phenoxy) is 1. The van der Waals surface area contributed by atoms with Crippen LogP contribution in [0.3, 0.4) is 0 Å². The fourth-order valence-corrected chi connectivity index (χ4v) is 3.53. The Morgan fingerprint density at radius 2 is 2.11 bits per heavy atom. The van der Waals surface area contributed by atoms with E-state index in [9.17, 15) is 9.59 Å². The van der Waals surface area contributed by atoms with Crippen LogP contribution in [0.5, 0.6) is 5.75 Å². The minimum absolute atomic E-state index is 0.0476. The number of aromatic nitrogens is 3. The Hall–Kier alpha value is -3.52. The number of amides is 1. The van der Waals surface area contributed by atoms with Crippen molar-refractivity contribution in [3.05, 3.63) is 75.7 Å². The van der Waals surface area contributed by atoms with Crippen LogP contribution in [-0.2, 0) is 0 Å². The maximum Gasteiger partial charge on any atom is 0.270 e. The molecule has 0 atom stereocenters. The zero-order valence-corrected chi connectivity index (χ0v) is 16.0. The highest BCUT2D eigenvalue weighted by Gasteiger charge is 2.16. The second kappa shape index (κ2) is 7.24. The average molecular weight is 392 g/mol. The first kappa shape index (κ1) is 17.9. The van der Waals surface area contributed by atoms with E-state index in [-0.39, 0.29) is 5.56 Å². The number of hydrogen-bond donors (Lipinski definition) is 1. The molecular formula is C20H16N4O3S. The Morgan fingerprint density at radius 1 is 1.25 bits per heavy atom. The van der Waals surface area contributed by atoms with Gasteiger partial charge < -0.3 is 4.74 Å². The molecule has 0 aliphatic carbocycles. The summed E-state index contributed by atoms with van der Waals surface area (Å²) in [4.78, 5) is 33.7. The number of anilines is 1. The fourth-order valence-electron chi connectivity index (χ4n) is 2.82. The lowest BCUT2D eigenvalue weighted by Gasteiger charge is -2.07. The highest BCUT2D eigenvalue weighted by Crippen LogP contribution is 2.33. The molecule has 3 heterocycles. The van der Waals surface area contributed by atoms with E-state index in [1.54, 1.807) is 31.5 Å². The fraction of sp³-hybridized carbons (Fsp3) is 0.100. The zero-order valence-electron chi connectivity index (χ0n) is 15.2. The number of pyridine rings is 1. The summed E-state index contributed by atoms with van der Waals surface area (Å²) in [5, 5.41) is 4.90. The van der Waals surface area contributed by atoms with Crippen molar-refractivity contribution < 1.29 is 9.53 Å². The van der Waals surface area contributed by atoms with Crippen LogP contribution >= 0.6 is 11.3 Å². The number of fused-ring (bicyclic) bond motifs is 1. The molecule has 0 radical (unpaired) electrons. The minimum Gasteiger partial charge on any atom is -0.496 e. The number of carbonyl (C=O) groups is 1. The molecule has 0 spiro atoms. The Morgan fingerprint density at radius 3 is 2.93 bits per heavy atom. The van der Waals surface area contributed by atoms with Crippen LogP contribution in [0.4, 0.5) is 5.13 Å². The summed E-state index contributed by atoms with van der Waals surface area (Å²) in [6.07, 6.45) is 2.86. The van der Waals surface area contributed by atoms with Gasteiger partial charge in [-0.3, -0.25) is 19.3 Å². The lowest BCUT2D eigenvalue weighted by Crippen LogP contribution is -2.26. The highest BCUT2D eigenvalue weighted by atomic mass is 32.1. The first-order valence-corrected chi connectivity index (χ1v) is 9.33. The standard InChI is InChI=1S/C20H16N4O3S/c1-12-6-7-16(27-2)13(9-12)15-11-28-20(22-15)23-18(25)14-10-21-17-5-3-4-8-24(17)19(14)26/h3-11H,1-2H3,(H,22,23,25). The Kier molecular flexibility index (Phi) is 4.62. The third-order valence-electron chi connectivity index (χ3n) is 4.21. The van der Waals surface area contributed by atoms with E-state index in [1.807, 2.05) is 30.5 Å². The summed E-state index contributed by atoms with van der Waals surface area (Å²) in [6, 6.07) is 11.0. The summed E-state index contributed by atoms with van der Waals surface area (Å²) in [5.41, 5.74) is 2.60. The van der Waals surface area contributed by atoms with Gasteiger partial charge in [0.25, 0.3) is 11.5 Å². The van der Waals surface area contributed by atoms with Crippen LogP contribution in [-0.4, -0.2) is 27.4 Å². The normalized spacial score (nSPS) is 10.8. The third-order valence-corrected chi connectivity index (χ3v) is 4.97. The molecule has 0 unspecified atom stereocenters. The van der Waals surface area contributed by atoms with Crippen LogP contribution in [0.1, 0.15) is 15.9 Å². The van der Waals surface area contributed by atoms with E-state index in [0.29, 0.717) is 22.2 Å². The lowest BCUT2D eigenvalue weighted by atomic mass is 10.1. The number of thiazole rings is 1. The average Bonchev–Trinajstić information content (AvgIpc) is 3.16. The molecule has 7 nitrogen and oxygen atoms in total. The van der Waals surface area contributed by atoms with Gasteiger partial charge in [0.2, 0.25) is 0 Å². The van der Waals surface area contributed by atoms with Crippen molar-refractivity contribution in [1.29, 1.82) is 0 Å². The lowest BCUT2D eigenvalue weighted by molar-refractivity contribution is 0.102. The van der Waals surface area contributed by atoms with Crippen molar-refractivity contribution >= 4 is 28.0 Å². The number of rotatable bonds is 4. The van der Waals surface area contributed by atoms with Gasteiger partial charge in [-0.25, -0.2) is 9.97 Å². The summed E-state index contributed by atoms with van der Waals surface area (Å²) in [5.74, 6) is 0.151. The predicted molar refractivity (Wildman–Crippen MR) is 108 cm³/mol. The van der Waals surface area contributed by atoms with Crippen molar-refractivity contribution in [1.82, 2.24) is 14.4 Å². The number of aryl methyl sites for hydroxylation is 1. The molecule has 0 aliphatic rings. The monoisotopic (exact) mass is 392 g/mol. The van der Waals surface area contributed by atoms with Crippen molar-refractivity contribution in [3.63, 3.8) is 0 Å². The van der Waals surface area contributed by atoms with Crippen molar-refractivity contribution in [2.45, 2.75) is 6.92 Å². The largest absolute Gasteiger partial charge is 0.496 e. The second-order valence-electron chi connectivity index (χ2n) is 6.10. The quantitative estimate of drug-likeness (QED) is 0.575. The first-order valence-electron chi connectivity index (χ1n) is 8.45. The molecule has 4 aromatic rings. The van der Waals surface area contributed by atoms with E-state index in [0.717, 1.165) is 11.1 Å². The van der Waals surface area contributed by atoms with Crippen molar-refractivity contribution in [3.8, 4) is 17.0 Å². The molecule has 140 valence electrons. The number of benzene rings is 1. The van der Waals surface area contributed by atoms with Crippen LogP contribution in [0.2, 0.25) is 0 Å². The molecule has 0 aliphatic heterocycles. The van der Waals surface area contributed by atoms with E-state index >= 15 is 0 Å². The molecule has 4 rings (SSSR count). The van der Waals surface area contributed by atoms with Crippen molar-refractivity contribution in [2.75, 3.05) is 12.4 Å². The maximum atomic E-state index is 12.6. The molecule has 1 amide bonds. The van der Waals surface area contributed by atoms with E-state index < -0.39 is 11.5 Å². The second-order valence-corrected chi connectivity index (χ2v) is 6.96. The molecule has 0 saturated heterocycles. The van der Waals surface area contributed by atoms with Crippen LogP contribution < -0.4 is 15.6 Å². The summed E-state index contributed by atoms with van der Waals surface area (Å²) >= 11 is 1.27.